The lowest BCUT2D eigenvalue weighted by Crippen LogP contribution is -2.51. The van der Waals surface area contributed by atoms with Gasteiger partial charge in [0.2, 0.25) is 0 Å². The standard InChI is InChI=1S/C24H38O5/c1-3-4-5-17(25)11-15-10-16-13-21-24(29-21)18(14(2)6-9-22(27)28)7-8-19(24)23(16)20(26)12-15/h7-8,14-21,23,25-26H,3-6,9-13H2,1-2H3,(H,27,28). The highest BCUT2D eigenvalue weighted by atomic mass is 16.6. The summed E-state index contributed by atoms with van der Waals surface area (Å²) in [5, 5.41) is 30.5. The number of aliphatic hydroxyl groups excluding tert-OH is 2. The monoisotopic (exact) mass is 406 g/mol. The number of rotatable bonds is 9. The molecule has 0 amide bonds. The Hall–Kier alpha value is -0.910. The molecule has 4 aliphatic rings. The van der Waals surface area contributed by atoms with Crippen LogP contribution in [-0.4, -0.2) is 45.2 Å². The van der Waals surface area contributed by atoms with Gasteiger partial charge in [0.05, 0.1) is 18.3 Å². The summed E-state index contributed by atoms with van der Waals surface area (Å²) in [6.45, 7) is 4.29. The first-order chi connectivity index (χ1) is 13.9. The number of hydrogen-bond acceptors (Lipinski definition) is 4. The highest BCUT2D eigenvalue weighted by Gasteiger charge is 2.72. The van der Waals surface area contributed by atoms with Gasteiger partial charge in [-0.1, -0.05) is 38.8 Å². The molecule has 5 heteroatoms. The van der Waals surface area contributed by atoms with Gasteiger partial charge in [-0.05, 0) is 62.2 Å². The third kappa shape index (κ3) is 3.90. The fraction of sp³-hybridized carbons (Fsp3) is 0.875. The molecule has 3 N–H and O–H groups in total. The van der Waals surface area contributed by atoms with E-state index in [1.54, 1.807) is 0 Å². The minimum absolute atomic E-state index is 0.187. The molecule has 29 heavy (non-hydrogen) atoms. The fourth-order valence-corrected chi connectivity index (χ4v) is 7.08. The Bertz CT molecular complexity index is 633. The number of carboxylic acid groups (broad SMARTS) is 1. The molecule has 10 atom stereocenters. The number of epoxide rings is 1. The maximum absolute atomic E-state index is 11.1. The van der Waals surface area contributed by atoms with Crippen LogP contribution < -0.4 is 0 Å². The number of aliphatic hydroxyl groups is 2. The third-order valence-electron chi connectivity index (χ3n) is 8.41. The summed E-state index contributed by atoms with van der Waals surface area (Å²) in [7, 11) is 0. The van der Waals surface area contributed by atoms with E-state index in [4.69, 9.17) is 9.84 Å². The summed E-state index contributed by atoms with van der Waals surface area (Å²) >= 11 is 0. The first-order valence-corrected chi connectivity index (χ1v) is 11.8. The molecule has 164 valence electrons. The van der Waals surface area contributed by atoms with Crippen molar-refractivity contribution in [3.63, 3.8) is 0 Å². The molecule has 1 aliphatic heterocycles. The Balaban J connectivity index is 1.40. The van der Waals surface area contributed by atoms with Gasteiger partial charge in [0.15, 0.2) is 0 Å². The molecule has 0 aromatic carbocycles. The molecule has 10 unspecified atom stereocenters. The van der Waals surface area contributed by atoms with Crippen LogP contribution in [0.5, 0.6) is 0 Å². The quantitative estimate of drug-likeness (QED) is 0.400. The van der Waals surface area contributed by atoms with Crippen molar-refractivity contribution in [1.82, 2.24) is 0 Å². The Morgan fingerprint density at radius 2 is 2.03 bits per heavy atom. The molecule has 1 spiro atoms. The molecule has 0 bridgehead atoms. The summed E-state index contributed by atoms with van der Waals surface area (Å²) < 4.78 is 6.37. The maximum atomic E-state index is 11.1. The van der Waals surface area contributed by atoms with E-state index in [0.717, 1.165) is 44.9 Å². The molecule has 2 saturated carbocycles. The van der Waals surface area contributed by atoms with E-state index in [0.29, 0.717) is 18.3 Å². The highest BCUT2D eigenvalue weighted by molar-refractivity contribution is 5.66. The van der Waals surface area contributed by atoms with Crippen LogP contribution in [0.4, 0.5) is 0 Å². The van der Waals surface area contributed by atoms with Crippen LogP contribution in [0.15, 0.2) is 12.2 Å². The van der Waals surface area contributed by atoms with E-state index < -0.39 is 5.97 Å². The van der Waals surface area contributed by atoms with E-state index in [-0.39, 0.29) is 54.0 Å². The minimum atomic E-state index is -0.736. The van der Waals surface area contributed by atoms with E-state index in [9.17, 15) is 15.0 Å². The van der Waals surface area contributed by atoms with Crippen molar-refractivity contribution in [1.29, 1.82) is 0 Å². The normalized spacial score (nSPS) is 44.5. The Morgan fingerprint density at radius 1 is 1.24 bits per heavy atom. The van der Waals surface area contributed by atoms with Gasteiger partial charge < -0.3 is 20.1 Å². The van der Waals surface area contributed by atoms with Crippen LogP contribution in [0.25, 0.3) is 0 Å². The van der Waals surface area contributed by atoms with Crippen LogP contribution in [0.3, 0.4) is 0 Å². The zero-order valence-electron chi connectivity index (χ0n) is 17.9. The number of unbranched alkanes of at least 4 members (excludes halogenated alkanes) is 1. The SMILES string of the molecule is CCCCC(O)CC1CC(O)C2C(C1)CC1OC13C(C(C)CCC(=O)O)C=CC23. The van der Waals surface area contributed by atoms with Crippen molar-refractivity contribution in [2.24, 2.45) is 35.5 Å². The summed E-state index contributed by atoms with van der Waals surface area (Å²) in [6.07, 6.45) is 11.8. The van der Waals surface area contributed by atoms with E-state index >= 15 is 0 Å². The largest absolute Gasteiger partial charge is 0.481 e. The zero-order chi connectivity index (χ0) is 20.8. The summed E-state index contributed by atoms with van der Waals surface area (Å²) in [6, 6.07) is 0. The molecule has 0 aromatic heterocycles. The third-order valence-corrected chi connectivity index (χ3v) is 8.41. The van der Waals surface area contributed by atoms with Gasteiger partial charge in [-0.3, -0.25) is 4.79 Å². The lowest BCUT2D eigenvalue weighted by atomic mass is 9.57. The Morgan fingerprint density at radius 3 is 2.76 bits per heavy atom. The molecule has 1 heterocycles. The second kappa shape index (κ2) is 8.32. The van der Waals surface area contributed by atoms with E-state index in [1.807, 2.05) is 0 Å². The van der Waals surface area contributed by atoms with Gasteiger partial charge in [-0.25, -0.2) is 0 Å². The Kier molecular flexibility index (Phi) is 6.12. The van der Waals surface area contributed by atoms with Crippen LogP contribution >= 0.6 is 0 Å². The van der Waals surface area contributed by atoms with Crippen LogP contribution in [0.2, 0.25) is 0 Å². The molecule has 1 saturated heterocycles. The number of fused-ring (bicyclic) bond motifs is 2. The predicted molar refractivity (Wildman–Crippen MR) is 110 cm³/mol. The van der Waals surface area contributed by atoms with Crippen molar-refractivity contribution in [3.05, 3.63) is 12.2 Å². The molecule has 0 aromatic rings. The highest BCUT2D eigenvalue weighted by Crippen LogP contribution is 2.66. The van der Waals surface area contributed by atoms with Gasteiger partial charge in [0.25, 0.3) is 0 Å². The van der Waals surface area contributed by atoms with Crippen LogP contribution in [0.1, 0.15) is 71.6 Å². The van der Waals surface area contributed by atoms with Crippen LogP contribution in [-0.2, 0) is 9.53 Å². The molecular weight excluding hydrogens is 368 g/mol. The fourth-order valence-electron chi connectivity index (χ4n) is 7.08. The van der Waals surface area contributed by atoms with Gasteiger partial charge >= 0.3 is 5.97 Å². The minimum Gasteiger partial charge on any atom is -0.481 e. The molecular formula is C24H38O5. The van der Waals surface area contributed by atoms with Gasteiger partial charge in [0, 0.05) is 18.3 Å². The van der Waals surface area contributed by atoms with E-state index in [2.05, 4.69) is 26.0 Å². The van der Waals surface area contributed by atoms with Gasteiger partial charge in [0.1, 0.15) is 5.60 Å². The average Bonchev–Trinajstić information content (AvgIpc) is 3.26. The number of carbonyl (C=O) groups is 1. The van der Waals surface area contributed by atoms with E-state index in [1.165, 1.54) is 0 Å². The van der Waals surface area contributed by atoms with Gasteiger partial charge in [-0.2, -0.15) is 0 Å². The first kappa shape index (κ1) is 21.3. The van der Waals surface area contributed by atoms with Crippen LogP contribution in [0, 0.1) is 35.5 Å². The second-order valence-corrected chi connectivity index (χ2v) is 10.3. The second-order valence-electron chi connectivity index (χ2n) is 10.3. The average molecular weight is 407 g/mol. The van der Waals surface area contributed by atoms with Crippen molar-refractivity contribution in [2.75, 3.05) is 0 Å². The van der Waals surface area contributed by atoms with Crippen molar-refractivity contribution in [3.8, 4) is 0 Å². The van der Waals surface area contributed by atoms with Crippen molar-refractivity contribution in [2.45, 2.75) is 95.5 Å². The predicted octanol–water partition coefficient (Wildman–Crippen LogP) is 3.78. The zero-order valence-corrected chi connectivity index (χ0v) is 17.9. The smallest absolute Gasteiger partial charge is 0.303 e. The first-order valence-electron chi connectivity index (χ1n) is 11.8. The van der Waals surface area contributed by atoms with Gasteiger partial charge in [-0.15, -0.1) is 0 Å². The maximum Gasteiger partial charge on any atom is 0.303 e. The van der Waals surface area contributed by atoms with Crippen molar-refractivity contribution < 1.29 is 24.9 Å². The Labute approximate surface area is 174 Å². The number of hydrogen-bond donors (Lipinski definition) is 3. The summed E-state index contributed by atoms with van der Waals surface area (Å²) in [5.41, 5.74) is -0.187. The lowest BCUT2D eigenvalue weighted by Gasteiger charge is -2.47. The van der Waals surface area contributed by atoms with Crippen molar-refractivity contribution >= 4 is 5.97 Å². The molecule has 4 rings (SSSR count). The molecule has 3 aliphatic carbocycles. The number of carboxylic acids is 1. The summed E-state index contributed by atoms with van der Waals surface area (Å²) in [4.78, 5) is 11.0. The molecule has 3 fully saturated rings. The topological polar surface area (TPSA) is 90.3 Å². The number of aliphatic carboxylic acids is 1. The molecule has 0 radical (unpaired) electrons. The molecule has 5 nitrogen and oxygen atoms in total. The summed E-state index contributed by atoms with van der Waals surface area (Å²) in [5.74, 6) is 1.16. The number of ether oxygens (including phenoxy) is 1. The lowest BCUT2D eigenvalue weighted by molar-refractivity contribution is -0.137.